The zero-order valence-electron chi connectivity index (χ0n) is 11.6. The Bertz CT molecular complexity index is 713. The largest absolute Gasteiger partial charge is 0.326 e. The van der Waals surface area contributed by atoms with Gasteiger partial charge in [0.25, 0.3) is 0 Å². The summed E-state index contributed by atoms with van der Waals surface area (Å²) in [6.07, 6.45) is 1.01. The van der Waals surface area contributed by atoms with Crippen molar-refractivity contribution in [1.29, 1.82) is 0 Å². The molecule has 1 aromatic carbocycles. The Hall–Kier alpha value is -1.32. The van der Waals surface area contributed by atoms with Crippen LogP contribution in [0.3, 0.4) is 0 Å². The maximum Gasteiger partial charge on any atom is 0.127 e. The number of rotatable bonds is 4. The van der Waals surface area contributed by atoms with Gasteiger partial charge in [0.1, 0.15) is 5.82 Å². The second-order valence-corrected chi connectivity index (χ2v) is 6.55. The van der Waals surface area contributed by atoms with Crippen LogP contribution in [0.1, 0.15) is 29.3 Å². The second kappa shape index (κ2) is 5.58. The number of fused-ring (bicyclic) bond motifs is 1. The van der Waals surface area contributed by atoms with Crippen LogP contribution >= 0.6 is 22.9 Å². The van der Waals surface area contributed by atoms with E-state index in [2.05, 4.69) is 51.5 Å². The van der Waals surface area contributed by atoms with Crippen molar-refractivity contribution in [3.8, 4) is 0 Å². The van der Waals surface area contributed by atoms with Crippen LogP contribution in [0.4, 0.5) is 0 Å². The van der Waals surface area contributed by atoms with Gasteiger partial charge in [0, 0.05) is 6.54 Å². The van der Waals surface area contributed by atoms with E-state index in [9.17, 15) is 0 Å². The van der Waals surface area contributed by atoms with E-state index in [4.69, 9.17) is 11.6 Å². The minimum atomic E-state index is -0.0785. The summed E-state index contributed by atoms with van der Waals surface area (Å²) in [5.41, 5.74) is 4.84. The van der Waals surface area contributed by atoms with E-state index in [0.29, 0.717) is 0 Å². The Kier molecular flexibility index (Phi) is 3.81. The lowest BCUT2D eigenvalue weighted by atomic mass is 10.2. The molecule has 0 radical (unpaired) electrons. The summed E-state index contributed by atoms with van der Waals surface area (Å²) in [5, 5.41) is 4.25. The Labute approximate surface area is 128 Å². The molecule has 0 bridgehead atoms. The number of nitrogens with zero attached hydrogens (tertiary/aromatic N) is 2. The molecule has 1 atom stereocenters. The van der Waals surface area contributed by atoms with Crippen molar-refractivity contribution in [2.45, 2.75) is 32.2 Å². The fourth-order valence-electron chi connectivity index (χ4n) is 2.47. The molecule has 1 unspecified atom stereocenters. The summed E-state index contributed by atoms with van der Waals surface area (Å²) in [6, 6.07) is 8.55. The molecule has 0 spiro atoms. The quantitative estimate of drug-likeness (QED) is 0.624. The Morgan fingerprint density at radius 2 is 2.20 bits per heavy atom. The van der Waals surface area contributed by atoms with Crippen LogP contribution in [0.2, 0.25) is 0 Å². The Balaban J connectivity index is 2.01. The van der Waals surface area contributed by atoms with E-state index in [1.54, 1.807) is 11.3 Å². The van der Waals surface area contributed by atoms with Gasteiger partial charge in [0.05, 0.1) is 16.4 Å². The molecule has 0 saturated carbocycles. The lowest BCUT2D eigenvalue weighted by Gasteiger charge is -2.10. The van der Waals surface area contributed by atoms with E-state index < -0.39 is 0 Å². The number of imidazole rings is 1. The smallest absolute Gasteiger partial charge is 0.127 e. The molecule has 104 valence electrons. The molecule has 0 N–H and O–H groups in total. The molecule has 0 fully saturated rings. The number of benzene rings is 1. The number of thiophene rings is 1. The number of alkyl halides is 1. The van der Waals surface area contributed by atoms with Crippen molar-refractivity contribution in [2.24, 2.45) is 0 Å². The van der Waals surface area contributed by atoms with Gasteiger partial charge in [-0.2, -0.15) is 11.3 Å². The van der Waals surface area contributed by atoms with Crippen molar-refractivity contribution in [2.75, 3.05) is 0 Å². The highest BCUT2D eigenvalue weighted by atomic mass is 35.5. The zero-order chi connectivity index (χ0) is 14.1. The highest BCUT2D eigenvalue weighted by molar-refractivity contribution is 7.07. The van der Waals surface area contributed by atoms with Gasteiger partial charge >= 0.3 is 0 Å². The van der Waals surface area contributed by atoms with Crippen LogP contribution in [0.25, 0.3) is 11.0 Å². The van der Waals surface area contributed by atoms with Crippen LogP contribution in [-0.4, -0.2) is 9.55 Å². The predicted molar refractivity (Wildman–Crippen MR) is 86.8 cm³/mol. The Morgan fingerprint density at radius 1 is 1.35 bits per heavy atom. The van der Waals surface area contributed by atoms with Gasteiger partial charge in [-0.15, -0.1) is 11.6 Å². The van der Waals surface area contributed by atoms with Gasteiger partial charge < -0.3 is 4.57 Å². The predicted octanol–water partition coefficient (Wildman–Crippen LogP) is 4.95. The van der Waals surface area contributed by atoms with Crippen molar-refractivity contribution < 1.29 is 0 Å². The molecule has 0 saturated heterocycles. The molecule has 2 nitrogen and oxygen atoms in total. The molecular formula is C16H17ClN2S. The third-order valence-electron chi connectivity index (χ3n) is 3.49. The first-order chi connectivity index (χ1) is 9.65. The molecule has 4 heteroatoms. The molecule has 3 aromatic rings. The average molecular weight is 305 g/mol. The summed E-state index contributed by atoms with van der Waals surface area (Å²) in [7, 11) is 0. The summed E-state index contributed by atoms with van der Waals surface area (Å²) in [4.78, 5) is 4.69. The van der Waals surface area contributed by atoms with Crippen molar-refractivity contribution in [3.05, 3.63) is 52.0 Å². The molecule has 20 heavy (non-hydrogen) atoms. The monoisotopic (exact) mass is 304 g/mol. The lowest BCUT2D eigenvalue weighted by Crippen LogP contribution is -2.06. The summed E-state index contributed by atoms with van der Waals surface area (Å²) < 4.78 is 2.26. The molecule has 0 aliphatic rings. The minimum Gasteiger partial charge on any atom is -0.326 e. The molecule has 0 aliphatic carbocycles. The number of aromatic nitrogens is 2. The van der Waals surface area contributed by atoms with Gasteiger partial charge in [0.2, 0.25) is 0 Å². The van der Waals surface area contributed by atoms with Crippen LogP contribution in [0, 0.1) is 6.92 Å². The van der Waals surface area contributed by atoms with Crippen molar-refractivity contribution >= 4 is 34.0 Å². The van der Waals surface area contributed by atoms with Crippen LogP contribution in [0.15, 0.2) is 35.0 Å². The lowest BCUT2D eigenvalue weighted by molar-refractivity contribution is 0.669. The maximum absolute atomic E-state index is 6.30. The molecule has 2 aromatic heterocycles. The molecule has 0 aliphatic heterocycles. The summed E-state index contributed by atoms with van der Waals surface area (Å²) in [5.74, 6) is 0.961. The topological polar surface area (TPSA) is 17.8 Å². The molecule has 3 rings (SSSR count). The number of hydrogen-bond acceptors (Lipinski definition) is 2. The van der Waals surface area contributed by atoms with Crippen LogP contribution in [0.5, 0.6) is 0 Å². The van der Waals surface area contributed by atoms with E-state index >= 15 is 0 Å². The fraction of sp³-hybridized carbons (Fsp3) is 0.312. The van der Waals surface area contributed by atoms with Gasteiger partial charge in [-0.25, -0.2) is 4.98 Å². The second-order valence-electron chi connectivity index (χ2n) is 5.11. The fourth-order valence-corrected chi connectivity index (χ4v) is 3.34. The minimum absolute atomic E-state index is 0.0785. The van der Waals surface area contributed by atoms with Gasteiger partial charge in [-0.1, -0.05) is 6.07 Å². The summed E-state index contributed by atoms with van der Waals surface area (Å²) >= 11 is 8.04. The van der Waals surface area contributed by atoms with E-state index in [0.717, 1.165) is 24.3 Å². The van der Waals surface area contributed by atoms with E-state index in [1.807, 2.05) is 6.92 Å². The standard InChI is InChI=1S/C16H17ClN2S/c1-11-3-4-14-15(9-11)19(16(18-14)12(2)17)7-5-13-6-8-20-10-13/h3-4,6,8-10,12H,5,7H2,1-2H3. The molecular weight excluding hydrogens is 288 g/mol. The van der Waals surface area contributed by atoms with Gasteiger partial charge in [-0.05, 0) is 60.4 Å². The number of aryl methyl sites for hydroxylation is 3. The molecule has 2 heterocycles. The van der Waals surface area contributed by atoms with Crippen LogP contribution in [-0.2, 0) is 13.0 Å². The first-order valence-corrected chi connectivity index (χ1v) is 8.15. The number of hydrogen-bond donors (Lipinski definition) is 0. The van der Waals surface area contributed by atoms with Crippen LogP contribution < -0.4 is 0 Å². The van der Waals surface area contributed by atoms with E-state index in [-0.39, 0.29) is 5.38 Å². The van der Waals surface area contributed by atoms with E-state index in [1.165, 1.54) is 16.6 Å². The van der Waals surface area contributed by atoms with Gasteiger partial charge in [-0.3, -0.25) is 0 Å². The van der Waals surface area contributed by atoms with Crippen molar-refractivity contribution in [1.82, 2.24) is 9.55 Å². The number of halogens is 1. The SMILES string of the molecule is Cc1ccc2nc(C(C)Cl)n(CCc3ccsc3)c2c1. The highest BCUT2D eigenvalue weighted by Gasteiger charge is 2.14. The Morgan fingerprint density at radius 3 is 2.90 bits per heavy atom. The first-order valence-electron chi connectivity index (χ1n) is 6.77. The average Bonchev–Trinajstić information content (AvgIpc) is 3.03. The highest BCUT2D eigenvalue weighted by Crippen LogP contribution is 2.25. The third-order valence-corrected chi connectivity index (χ3v) is 4.42. The van der Waals surface area contributed by atoms with Gasteiger partial charge in [0.15, 0.2) is 0 Å². The van der Waals surface area contributed by atoms with Crippen molar-refractivity contribution in [3.63, 3.8) is 0 Å². The maximum atomic E-state index is 6.30. The normalized spacial score (nSPS) is 12.9. The third kappa shape index (κ3) is 2.60. The zero-order valence-corrected chi connectivity index (χ0v) is 13.2. The molecule has 0 amide bonds. The first kappa shape index (κ1) is 13.7. The summed E-state index contributed by atoms with van der Waals surface area (Å²) in [6.45, 7) is 5.01.